The summed E-state index contributed by atoms with van der Waals surface area (Å²) in [6, 6.07) is -1.57. The first-order valence-corrected chi connectivity index (χ1v) is 6.56. The zero-order valence-electron chi connectivity index (χ0n) is 11.6. The Bertz CT molecular complexity index is 385. The number of amides is 3. The fourth-order valence-electron chi connectivity index (χ4n) is 2.05. The summed E-state index contributed by atoms with van der Waals surface area (Å²) in [6.07, 6.45) is -0.680. The maximum atomic E-state index is 11.8. The molecule has 0 aliphatic carbocycles. The molecule has 1 saturated heterocycles. The zero-order chi connectivity index (χ0) is 15.3. The molecule has 0 aromatic carbocycles. The van der Waals surface area contributed by atoms with Gasteiger partial charge in [0.05, 0.1) is 6.10 Å². The van der Waals surface area contributed by atoms with Gasteiger partial charge >= 0.3 is 12.0 Å². The largest absolute Gasteiger partial charge is 0.480 e. The fourth-order valence-corrected chi connectivity index (χ4v) is 2.05. The lowest BCUT2D eigenvalue weighted by atomic mass is 10.2. The number of β-amino-alcohol motifs (C(OH)–C–C–N with tert-alkyl or cyclic N) is 1. The van der Waals surface area contributed by atoms with Crippen LogP contribution in [-0.2, 0) is 9.59 Å². The molecule has 0 unspecified atom stereocenters. The van der Waals surface area contributed by atoms with Gasteiger partial charge in [0.2, 0.25) is 5.91 Å². The number of aliphatic carboxylic acids is 1. The van der Waals surface area contributed by atoms with Crippen molar-refractivity contribution in [1.29, 1.82) is 0 Å². The second-order valence-electron chi connectivity index (χ2n) is 5.10. The molecular formula is C12H21N3O5. The topological polar surface area (TPSA) is 119 Å². The normalized spacial score (nSPS) is 21.9. The van der Waals surface area contributed by atoms with Crippen molar-refractivity contribution in [2.45, 2.75) is 44.9 Å². The molecule has 3 amide bonds. The molecule has 2 atom stereocenters. The van der Waals surface area contributed by atoms with Crippen molar-refractivity contribution in [3.8, 4) is 0 Å². The van der Waals surface area contributed by atoms with Gasteiger partial charge in [-0.2, -0.15) is 0 Å². The molecule has 0 bridgehead atoms. The standard InChI is InChI=1S/C12H21N3O5/c1-7(2)14-10(17)3-4-13-12(20)15-6-8(16)5-9(15)11(18)19/h7-9,16H,3-6H2,1-2H3,(H,13,20)(H,14,17)(H,18,19)/t8-,9-/m0/s1. The average molecular weight is 287 g/mol. The van der Waals surface area contributed by atoms with Crippen molar-refractivity contribution in [3.05, 3.63) is 0 Å². The average Bonchev–Trinajstić information content (AvgIpc) is 2.70. The van der Waals surface area contributed by atoms with Crippen LogP contribution in [0.3, 0.4) is 0 Å². The Kier molecular flexibility index (Phi) is 5.75. The van der Waals surface area contributed by atoms with Crippen LogP contribution in [0.2, 0.25) is 0 Å². The zero-order valence-corrected chi connectivity index (χ0v) is 11.6. The number of nitrogens with zero attached hydrogens (tertiary/aromatic N) is 1. The maximum absolute atomic E-state index is 11.8. The van der Waals surface area contributed by atoms with Gasteiger partial charge in [-0.15, -0.1) is 0 Å². The number of hydrogen-bond donors (Lipinski definition) is 4. The van der Waals surface area contributed by atoms with Gasteiger partial charge in [0.25, 0.3) is 0 Å². The van der Waals surface area contributed by atoms with E-state index in [2.05, 4.69) is 10.6 Å². The molecule has 8 nitrogen and oxygen atoms in total. The van der Waals surface area contributed by atoms with E-state index in [1.807, 2.05) is 13.8 Å². The van der Waals surface area contributed by atoms with Gasteiger partial charge < -0.3 is 25.7 Å². The van der Waals surface area contributed by atoms with Crippen LogP contribution in [0.5, 0.6) is 0 Å². The molecule has 4 N–H and O–H groups in total. The van der Waals surface area contributed by atoms with Gasteiger partial charge in [-0.1, -0.05) is 0 Å². The monoisotopic (exact) mass is 287 g/mol. The predicted molar refractivity (Wildman–Crippen MR) is 70.0 cm³/mol. The Balaban J connectivity index is 2.39. The van der Waals surface area contributed by atoms with E-state index in [9.17, 15) is 19.5 Å². The first kappa shape index (κ1) is 16.2. The number of carboxylic acid groups (broad SMARTS) is 1. The van der Waals surface area contributed by atoms with E-state index in [0.29, 0.717) is 0 Å². The molecular weight excluding hydrogens is 266 g/mol. The Morgan fingerprint density at radius 1 is 1.35 bits per heavy atom. The molecule has 114 valence electrons. The molecule has 8 heteroatoms. The summed E-state index contributed by atoms with van der Waals surface area (Å²) in [6.45, 7) is 3.77. The third-order valence-electron chi connectivity index (χ3n) is 2.90. The Hall–Kier alpha value is -1.83. The van der Waals surface area contributed by atoms with E-state index < -0.39 is 24.1 Å². The number of aliphatic hydroxyl groups is 1. The van der Waals surface area contributed by atoms with Gasteiger partial charge in [0, 0.05) is 32.0 Å². The Morgan fingerprint density at radius 2 is 2.00 bits per heavy atom. The molecule has 0 saturated carbocycles. The molecule has 1 rings (SSSR count). The second-order valence-corrected chi connectivity index (χ2v) is 5.10. The van der Waals surface area contributed by atoms with Crippen LogP contribution < -0.4 is 10.6 Å². The minimum Gasteiger partial charge on any atom is -0.480 e. The summed E-state index contributed by atoms with van der Waals surface area (Å²) < 4.78 is 0. The van der Waals surface area contributed by atoms with Crippen LogP contribution in [0.25, 0.3) is 0 Å². The van der Waals surface area contributed by atoms with Gasteiger partial charge in [-0.3, -0.25) is 4.79 Å². The van der Waals surface area contributed by atoms with Crippen molar-refractivity contribution in [2.75, 3.05) is 13.1 Å². The first-order valence-electron chi connectivity index (χ1n) is 6.56. The molecule has 0 aromatic rings. The predicted octanol–water partition coefficient (Wildman–Crippen LogP) is -0.869. The Morgan fingerprint density at radius 3 is 2.55 bits per heavy atom. The number of rotatable bonds is 5. The maximum Gasteiger partial charge on any atom is 0.326 e. The molecule has 1 heterocycles. The van der Waals surface area contributed by atoms with E-state index in [-0.39, 0.29) is 37.9 Å². The lowest BCUT2D eigenvalue weighted by Crippen LogP contribution is -2.47. The minimum absolute atomic E-state index is 0.0129. The number of carbonyl (C=O) groups excluding carboxylic acids is 2. The van der Waals surface area contributed by atoms with E-state index in [1.165, 1.54) is 0 Å². The molecule has 0 radical (unpaired) electrons. The van der Waals surface area contributed by atoms with Crippen LogP contribution in [0.15, 0.2) is 0 Å². The third kappa shape index (κ3) is 4.69. The number of nitrogens with one attached hydrogen (secondary N) is 2. The highest BCUT2D eigenvalue weighted by atomic mass is 16.4. The van der Waals surface area contributed by atoms with Crippen molar-refractivity contribution in [3.63, 3.8) is 0 Å². The van der Waals surface area contributed by atoms with Gasteiger partial charge in [0.1, 0.15) is 6.04 Å². The number of urea groups is 1. The van der Waals surface area contributed by atoms with Gasteiger partial charge in [-0.05, 0) is 13.8 Å². The van der Waals surface area contributed by atoms with Crippen LogP contribution in [0, 0.1) is 0 Å². The van der Waals surface area contributed by atoms with Crippen molar-refractivity contribution in [2.24, 2.45) is 0 Å². The second kappa shape index (κ2) is 7.09. The lowest BCUT2D eigenvalue weighted by molar-refractivity contribution is -0.141. The molecule has 1 fully saturated rings. The van der Waals surface area contributed by atoms with Crippen LogP contribution in [0.1, 0.15) is 26.7 Å². The third-order valence-corrected chi connectivity index (χ3v) is 2.90. The smallest absolute Gasteiger partial charge is 0.326 e. The highest BCUT2D eigenvalue weighted by molar-refractivity contribution is 5.84. The molecule has 0 spiro atoms. The number of hydrogen-bond acceptors (Lipinski definition) is 4. The molecule has 1 aliphatic heterocycles. The summed E-state index contributed by atoms with van der Waals surface area (Å²) >= 11 is 0. The van der Waals surface area contributed by atoms with Crippen molar-refractivity contribution in [1.82, 2.24) is 15.5 Å². The van der Waals surface area contributed by atoms with E-state index >= 15 is 0 Å². The minimum atomic E-state index is -1.14. The summed E-state index contributed by atoms with van der Waals surface area (Å²) in [5.41, 5.74) is 0. The molecule has 20 heavy (non-hydrogen) atoms. The summed E-state index contributed by atoms with van der Waals surface area (Å²) in [7, 11) is 0. The van der Waals surface area contributed by atoms with Crippen molar-refractivity contribution < 1.29 is 24.6 Å². The number of likely N-dealkylation sites (tertiary alicyclic amines) is 1. The van der Waals surface area contributed by atoms with Crippen molar-refractivity contribution >= 4 is 17.9 Å². The van der Waals surface area contributed by atoms with Gasteiger partial charge in [-0.25, -0.2) is 9.59 Å². The lowest BCUT2D eigenvalue weighted by Gasteiger charge is -2.21. The first-order chi connectivity index (χ1) is 9.31. The van der Waals surface area contributed by atoms with Crippen LogP contribution >= 0.6 is 0 Å². The quantitative estimate of drug-likeness (QED) is 0.524. The van der Waals surface area contributed by atoms with Crippen LogP contribution in [0.4, 0.5) is 4.79 Å². The molecule has 0 aromatic heterocycles. The van der Waals surface area contributed by atoms with E-state index in [0.717, 1.165) is 4.90 Å². The summed E-state index contributed by atoms with van der Waals surface area (Å²) in [4.78, 5) is 35.2. The highest BCUT2D eigenvalue weighted by Gasteiger charge is 2.38. The molecule has 1 aliphatic rings. The van der Waals surface area contributed by atoms with E-state index in [1.54, 1.807) is 0 Å². The Labute approximate surface area is 117 Å². The van der Waals surface area contributed by atoms with Gasteiger partial charge in [0.15, 0.2) is 0 Å². The number of carbonyl (C=O) groups is 3. The SMILES string of the molecule is CC(C)NC(=O)CCNC(=O)N1C[C@@H](O)C[C@H]1C(=O)O. The summed E-state index contributed by atoms with van der Waals surface area (Å²) in [5, 5.41) is 23.6. The fraction of sp³-hybridized carbons (Fsp3) is 0.750. The highest BCUT2D eigenvalue weighted by Crippen LogP contribution is 2.17. The number of aliphatic hydroxyl groups excluding tert-OH is 1. The van der Waals surface area contributed by atoms with E-state index in [4.69, 9.17) is 5.11 Å². The van der Waals surface area contributed by atoms with Crippen LogP contribution in [-0.4, -0.2) is 64.3 Å². The number of carboxylic acids is 1. The summed E-state index contributed by atoms with van der Waals surface area (Å²) in [5.74, 6) is -1.33.